The summed E-state index contributed by atoms with van der Waals surface area (Å²) in [7, 11) is 1.71. The van der Waals surface area contributed by atoms with Gasteiger partial charge in [0.05, 0.1) is 0 Å². The number of fused-ring (bicyclic) bond motifs is 1. The number of hydrogen-bond donors (Lipinski definition) is 0. The van der Waals surface area contributed by atoms with E-state index in [2.05, 4.69) is 84.9 Å². The van der Waals surface area contributed by atoms with Crippen molar-refractivity contribution in [3.63, 3.8) is 0 Å². The number of rotatable bonds is 3. The molecule has 1 aliphatic heterocycles. The summed E-state index contributed by atoms with van der Waals surface area (Å²) < 4.78 is 6.77. The zero-order chi connectivity index (χ0) is 16.4. The van der Waals surface area contributed by atoms with Gasteiger partial charge < -0.3 is 0 Å². The summed E-state index contributed by atoms with van der Waals surface area (Å²) in [5.41, 5.74) is 5.51. The average Bonchev–Trinajstić information content (AvgIpc) is 3.01. The van der Waals surface area contributed by atoms with E-state index in [1.54, 1.807) is 7.11 Å². The molecule has 3 aromatic carbocycles. The Bertz CT molecular complexity index is 866. The van der Waals surface area contributed by atoms with Crippen LogP contribution in [0.15, 0.2) is 78.9 Å². The Balaban J connectivity index is 1.74. The van der Waals surface area contributed by atoms with Crippen LogP contribution in [0.1, 0.15) is 27.1 Å². The first-order chi connectivity index (χ1) is 11.8. The molecule has 4 rings (SSSR count). The van der Waals surface area contributed by atoms with Crippen LogP contribution in [0, 0.1) is 0 Å². The first kappa shape index (κ1) is 15.3. The van der Waals surface area contributed by atoms with Crippen LogP contribution in [-0.2, 0) is 0 Å². The van der Waals surface area contributed by atoms with Gasteiger partial charge in [0.2, 0.25) is 0 Å². The monoisotopic (exact) mass is 378 g/mol. The van der Waals surface area contributed by atoms with Gasteiger partial charge >= 0.3 is 149 Å². The van der Waals surface area contributed by atoms with Crippen LogP contribution in [0.3, 0.4) is 0 Å². The van der Waals surface area contributed by atoms with Gasteiger partial charge in [0.25, 0.3) is 0 Å². The molecular weight excluding hydrogens is 359 g/mol. The standard InChI is InChI=1S/C22H18OSe/c1-23-18-13-11-17(12-14-18)22-20-10-6-5-9-19(20)21(24-22)15-16-7-3-2-4-8-16/h2-15,22H,1H3/b21-15+. The zero-order valence-corrected chi connectivity index (χ0v) is 15.2. The van der Waals surface area contributed by atoms with E-state index < -0.39 is 0 Å². The molecule has 2 heteroatoms. The van der Waals surface area contributed by atoms with Crippen molar-refractivity contribution in [2.75, 3.05) is 7.11 Å². The molecule has 0 radical (unpaired) electrons. The molecule has 1 unspecified atom stereocenters. The third-order valence-electron chi connectivity index (χ3n) is 4.27. The Morgan fingerprint density at radius 1 is 0.833 bits per heavy atom. The van der Waals surface area contributed by atoms with E-state index in [4.69, 9.17) is 4.74 Å². The third kappa shape index (κ3) is 2.91. The Morgan fingerprint density at radius 3 is 2.29 bits per heavy atom. The van der Waals surface area contributed by atoms with E-state index in [9.17, 15) is 0 Å². The van der Waals surface area contributed by atoms with Crippen molar-refractivity contribution in [2.45, 2.75) is 4.82 Å². The van der Waals surface area contributed by atoms with Crippen LogP contribution in [0.25, 0.3) is 10.5 Å². The molecule has 0 spiro atoms. The Morgan fingerprint density at radius 2 is 1.54 bits per heavy atom. The zero-order valence-electron chi connectivity index (χ0n) is 13.5. The molecule has 1 atom stereocenters. The summed E-state index contributed by atoms with van der Waals surface area (Å²) in [6.07, 6.45) is 2.35. The molecule has 0 saturated carbocycles. The van der Waals surface area contributed by atoms with Gasteiger partial charge in [0.1, 0.15) is 0 Å². The maximum absolute atomic E-state index is 5.30. The normalized spacial score (nSPS) is 17.7. The number of hydrogen-bond acceptors (Lipinski definition) is 1. The van der Waals surface area contributed by atoms with Gasteiger partial charge in [-0.05, 0) is 0 Å². The fourth-order valence-corrected chi connectivity index (χ4v) is 5.97. The van der Waals surface area contributed by atoms with Gasteiger partial charge in [-0.1, -0.05) is 0 Å². The van der Waals surface area contributed by atoms with Crippen LogP contribution in [-0.4, -0.2) is 22.1 Å². The second-order valence-electron chi connectivity index (χ2n) is 5.78. The SMILES string of the molecule is COc1ccc(C2[Se]/C(=C/c3ccccc3)c3ccccc32)cc1. The van der Waals surface area contributed by atoms with Crippen molar-refractivity contribution in [1.82, 2.24) is 0 Å². The summed E-state index contributed by atoms with van der Waals surface area (Å²) in [5, 5.41) is 0. The quantitative estimate of drug-likeness (QED) is 0.584. The average molecular weight is 377 g/mol. The molecule has 0 saturated heterocycles. The summed E-state index contributed by atoms with van der Waals surface area (Å²) >= 11 is 0.383. The van der Waals surface area contributed by atoms with Crippen LogP contribution < -0.4 is 4.74 Å². The predicted octanol–water partition coefficient (Wildman–Crippen LogP) is 5.00. The summed E-state index contributed by atoms with van der Waals surface area (Å²) in [6, 6.07) is 28.0. The van der Waals surface area contributed by atoms with Crippen molar-refractivity contribution in [2.24, 2.45) is 0 Å². The third-order valence-corrected chi connectivity index (χ3v) is 7.11. The predicted molar refractivity (Wildman–Crippen MR) is 101 cm³/mol. The van der Waals surface area contributed by atoms with Gasteiger partial charge in [-0.3, -0.25) is 0 Å². The molecule has 0 N–H and O–H groups in total. The fourth-order valence-electron chi connectivity index (χ4n) is 3.04. The van der Waals surface area contributed by atoms with E-state index in [1.165, 1.54) is 26.7 Å². The Hall–Kier alpha value is -2.28. The Kier molecular flexibility index (Phi) is 4.25. The molecule has 118 valence electrons. The molecule has 1 aliphatic rings. The van der Waals surface area contributed by atoms with Crippen LogP contribution in [0.4, 0.5) is 0 Å². The van der Waals surface area contributed by atoms with Gasteiger partial charge in [-0.25, -0.2) is 0 Å². The Labute approximate surface area is 149 Å². The first-order valence-electron chi connectivity index (χ1n) is 8.02. The van der Waals surface area contributed by atoms with Gasteiger partial charge in [-0.2, -0.15) is 0 Å². The van der Waals surface area contributed by atoms with E-state index in [-0.39, 0.29) is 0 Å². The molecule has 0 fully saturated rings. The fraction of sp³-hybridized carbons (Fsp3) is 0.0909. The molecule has 1 nitrogen and oxygen atoms in total. The van der Waals surface area contributed by atoms with E-state index in [0.29, 0.717) is 19.8 Å². The molecule has 0 bridgehead atoms. The first-order valence-corrected chi connectivity index (χ1v) is 9.86. The maximum atomic E-state index is 5.30. The van der Waals surface area contributed by atoms with Crippen LogP contribution >= 0.6 is 0 Å². The molecule has 24 heavy (non-hydrogen) atoms. The molecule has 0 aliphatic carbocycles. The number of ether oxygens (including phenoxy) is 1. The summed E-state index contributed by atoms with van der Waals surface area (Å²) in [5.74, 6) is 0.914. The second-order valence-corrected chi connectivity index (χ2v) is 8.18. The number of benzene rings is 3. The van der Waals surface area contributed by atoms with E-state index in [1.807, 2.05) is 0 Å². The molecule has 1 heterocycles. The van der Waals surface area contributed by atoms with Crippen LogP contribution in [0.5, 0.6) is 5.75 Å². The van der Waals surface area contributed by atoms with Crippen molar-refractivity contribution in [3.05, 3.63) is 101 Å². The summed E-state index contributed by atoms with van der Waals surface area (Å²) in [4.78, 5) is 0.481. The van der Waals surface area contributed by atoms with Gasteiger partial charge in [-0.15, -0.1) is 0 Å². The van der Waals surface area contributed by atoms with Gasteiger partial charge in [0, 0.05) is 0 Å². The molecule has 0 amide bonds. The van der Waals surface area contributed by atoms with E-state index >= 15 is 0 Å². The van der Waals surface area contributed by atoms with Gasteiger partial charge in [0.15, 0.2) is 0 Å². The molecular formula is C22H18OSe. The van der Waals surface area contributed by atoms with E-state index in [0.717, 1.165) is 5.75 Å². The van der Waals surface area contributed by atoms with Crippen molar-refractivity contribution < 1.29 is 4.74 Å². The van der Waals surface area contributed by atoms with Crippen molar-refractivity contribution >= 4 is 25.5 Å². The molecule has 3 aromatic rings. The summed E-state index contributed by atoms with van der Waals surface area (Å²) in [6.45, 7) is 0. The molecule has 0 aromatic heterocycles. The van der Waals surface area contributed by atoms with Crippen LogP contribution in [0.2, 0.25) is 0 Å². The number of methoxy groups -OCH3 is 1. The minimum absolute atomic E-state index is 0.383. The topological polar surface area (TPSA) is 9.23 Å². The van der Waals surface area contributed by atoms with Crippen molar-refractivity contribution in [1.29, 1.82) is 0 Å². The second kappa shape index (κ2) is 6.68. The van der Waals surface area contributed by atoms with Crippen molar-refractivity contribution in [3.8, 4) is 5.75 Å². The minimum atomic E-state index is 0.383.